The van der Waals surface area contributed by atoms with Crippen LogP contribution in [0.15, 0.2) is 30.6 Å². The summed E-state index contributed by atoms with van der Waals surface area (Å²) < 4.78 is 8.50. The molecule has 5 rings (SSSR count). The molecule has 0 unspecified atom stereocenters. The van der Waals surface area contributed by atoms with Gasteiger partial charge in [-0.3, -0.25) is 4.79 Å². The second-order valence-corrected chi connectivity index (χ2v) is 8.14. The van der Waals surface area contributed by atoms with E-state index in [4.69, 9.17) is 20.9 Å². The summed E-state index contributed by atoms with van der Waals surface area (Å²) in [4.78, 5) is 21.1. The number of carbonyl (C=O) groups is 1. The highest BCUT2D eigenvalue weighted by atomic mass is 16.5. The number of nitrogens with zero attached hydrogens (tertiary/aromatic N) is 3. The van der Waals surface area contributed by atoms with E-state index in [-0.39, 0.29) is 17.9 Å². The fourth-order valence-corrected chi connectivity index (χ4v) is 3.98. The Hall–Kier alpha value is -3.42. The summed E-state index contributed by atoms with van der Waals surface area (Å²) in [7, 11) is 0. The Morgan fingerprint density at radius 3 is 2.90 bits per heavy atom. The first-order valence-corrected chi connectivity index (χ1v) is 10.2. The summed E-state index contributed by atoms with van der Waals surface area (Å²) in [5.74, 6) is 0.703. The van der Waals surface area contributed by atoms with Gasteiger partial charge in [-0.05, 0) is 38.0 Å². The van der Waals surface area contributed by atoms with Crippen molar-refractivity contribution >= 4 is 28.8 Å². The van der Waals surface area contributed by atoms with Crippen molar-refractivity contribution in [2.75, 3.05) is 12.3 Å². The molecule has 0 bridgehead atoms. The molecule has 8 heteroatoms. The molecule has 0 spiro atoms. The number of amides is 1. The number of benzene rings is 1. The van der Waals surface area contributed by atoms with Gasteiger partial charge in [-0.2, -0.15) is 0 Å². The average Bonchev–Trinajstić information content (AvgIpc) is 3.34. The van der Waals surface area contributed by atoms with Crippen LogP contribution >= 0.6 is 0 Å². The number of pyridine rings is 1. The number of rotatable bonds is 6. The molecule has 30 heavy (non-hydrogen) atoms. The third kappa shape index (κ3) is 3.28. The molecule has 2 atom stereocenters. The second-order valence-electron chi connectivity index (χ2n) is 8.14. The Bertz CT molecular complexity index is 1150. The molecule has 2 fully saturated rings. The number of carbonyl (C=O) groups excluding carboxylic acids is 1. The standard InChI is InChI=1S/C22H24N6O2/c1-12(15-7-20(29)25-10-15)30-22-21-19(26-11-28(21)16-3-4-16)8-18(27-22)13-2-5-17(24)14(6-13)9-23/h2,5-6,8-9,11-12,15-16,23H,3-4,7,10,24H2,1H3,(H,25,29)/t12-,15-/m1/s1. The first-order chi connectivity index (χ1) is 14.5. The fraction of sp³-hybridized carbons (Fsp3) is 0.364. The molecule has 1 saturated heterocycles. The predicted molar refractivity (Wildman–Crippen MR) is 115 cm³/mol. The van der Waals surface area contributed by atoms with E-state index in [9.17, 15) is 4.79 Å². The predicted octanol–water partition coefficient (Wildman–Crippen LogP) is 2.92. The third-order valence-corrected chi connectivity index (χ3v) is 5.97. The second kappa shape index (κ2) is 7.12. The van der Waals surface area contributed by atoms with Gasteiger partial charge in [0.15, 0.2) is 0 Å². The van der Waals surface area contributed by atoms with Crippen LogP contribution in [0, 0.1) is 11.3 Å². The molecule has 0 radical (unpaired) electrons. The lowest BCUT2D eigenvalue weighted by molar-refractivity contribution is -0.119. The Labute approximate surface area is 174 Å². The van der Waals surface area contributed by atoms with Gasteiger partial charge in [-0.25, -0.2) is 9.97 Å². The maximum atomic E-state index is 11.6. The number of nitrogens with one attached hydrogen (secondary N) is 2. The summed E-state index contributed by atoms with van der Waals surface area (Å²) in [6.07, 6.45) is 5.65. The minimum absolute atomic E-state index is 0.0615. The summed E-state index contributed by atoms with van der Waals surface area (Å²) in [6.45, 7) is 2.60. The molecular formula is C22H24N6O2. The molecule has 4 N–H and O–H groups in total. The highest BCUT2D eigenvalue weighted by molar-refractivity contribution is 5.89. The van der Waals surface area contributed by atoms with E-state index in [0.29, 0.717) is 36.1 Å². The van der Waals surface area contributed by atoms with Crippen LogP contribution in [0.25, 0.3) is 22.3 Å². The molecule has 1 aromatic carbocycles. The lowest BCUT2D eigenvalue weighted by Crippen LogP contribution is -2.26. The third-order valence-electron chi connectivity index (χ3n) is 5.97. The average molecular weight is 404 g/mol. The number of ether oxygens (including phenoxy) is 1. The van der Waals surface area contributed by atoms with E-state index in [1.807, 2.05) is 31.5 Å². The molecule has 1 aliphatic carbocycles. The largest absolute Gasteiger partial charge is 0.473 e. The van der Waals surface area contributed by atoms with Gasteiger partial charge in [0, 0.05) is 48.0 Å². The first kappa shape index (κ1) is 18.6. The highest BCUT2D eigenvalue weighted by Crippen LogP contribution is 2.40. The monoisotopic (exact) mass is 404 g/mol. The summed E-state index contributed by atoms with van der Waals surface area (Å²) in [5.41, 5.74) is 10.4. The van der Waals surface area contributed by atoms with Gasteiger partial charge in [-0.15, -0.1) is 0 Å². The van der Waals surface area contributed by atoms with E-state index in [2.05, 4.69) is 14.9 Å². The number of fused-ring (bicyclic) bond motifs is 1. The zero-order chi connectivity index (χ0) is 20.8. The SMILES string of the molecule is C[C@@H](Oc1nc(-c2ccc(N)c(C=N)c2)cc2ncn(C3CC3)c12)[C@H]1CNC(=O)C1. The van der Waals surface area contributed by atoms with Gasteiger partial charge in [-0.1, -0.05) is 6.07 Å². The van der Waals surface area contributed by atoms with Crippen LogP contribution in [0.1, 0.15) is 37.8 Å². The van der Waals surface area contributed by atoms with Crippen molar-refractivity contribution in [1.29, 1.82) is 5.41 Å². The van der Waals surface area contributed by atoms with Crippen molar-refractivity contribution in [2.45, 2.75) is 38.3 Å². The summed E-state index contributed by atoms with van der Waals surface area (Å²) in [5, 5.41) is 10.5. The number of aromatic nitrogens is 3. The first-order valence-electron chi connectivity index (χ1n) is 10.2. The molecule has 8 nitrogen and oxygen atoms in total. The van der Waals surface area contributed by atoms with E-state index in [1.54, 1.807) is 6.07 Å². The van der Waals surface area contributed by atoms with Gasteiger partial charge in [0.25, 0.3) is 0 Å². The molecular weight excluding hydrogens is 380 g/mol. The van der Waals surface area contributed by atoms with E-state index in [1.165, 1.54) is 6.21 Å². The number of hydrogen-bond acceptors (Lipinski definition) is 6. The Kier molecular flexibility index (Phi) is 4.42. The van der Waals surface area contributed by atoms with Gasteiger partial charge < -0.3 is 25.8 Å². The fourth-order valence-electron chi connectivity index (χ4n) is 3.98. The van der Waals surface area contributed by atoms with Crippen molar-refractivity contribution in [2.24, 2.45) is 5.92 Å². The lowest BCUT2D eigenvalue weighted by Gasteiger charge is -2.20. The minimum atomic E-state index is -0.166. The van der Waals surface area contributed by atoms with Crippen LogP contribution in [0.5, 0.6) is 5.88 Å². The number of nitrogen functional groups attached to an aromatic ring is 1. The van der Waals surface area contributed by atoms with E-state index >= 15 is 0 Å². The van der Waals surface area contributed by atoms with Crippen molar-refractivity contribution < 1.29 is 9.53 Å². The highest BCUT2D eigenvalue weighted by Gasteiger charge is 2.31. The number of nitrogens with two attached hydrogens (primary N) is 1. The van der Waals surface area contributed by atoms with Crippen LogP contribution in [-0.2, 0) is 4.79 Å². The van der Waals surface area contributed by atoms with Gasteiger partial charge in [0.2, 0.25) is 11.8 Å². The van der Waals surface area contributed by atoms with Gasteiger partial charge >= 0.3 is 0 Å². The number of imidazole rings is 1. The van der Waals surface area contributed by atoms with Crippen LogP contribution in [0.4, 0.5) is 5.69 Å². The summed E-state index contributed by atoms with van der Waals surface area (Å²) in [6, 6.07) is 7.91. The molecule has 3 aromatic rings. The van der Waals surface area contributed by atoms with Crippen molar-refractivity contribution in [1.82, 2.24) is 19.9 Å². The topological polar surface area (TPSA) is 119 Å². The van der Waals surface area contributed by atoms with Crippen molar-refractivity contribution in [3.63, 3.8) is 0 Å². The summed E-state index contributed by atoms with van der Waals surface area (Å²) >= 11 is 0. The molecule has 1 amide bonds. The smallest absolute Gasteiger partial charge is 0.241 e. The Morgan fingerprint density at radius 1 is 1.37 bits per heavy atom. The zero-order valence-electron chi connectivity index (χ0n) is 16.8. The maximum absolute atomic E-state index is 11.6. The molecule has 2 aromatic heterocycles. The lowest BCUT2D eigenvalue weighted by atomic mass is 10.0. The molecule has 1 saturated carbocycles. The number of anilines is 1. The molecule has 1 aliphatic heterocycles. The maximum Gasteiger partial charge on any atom is 0.241 e. The van der Waals surface area contributed by atoms with Crippen LogP contribution in [0.3, 0.4) is 0 Å². The quantitative estimate of drug-likeness (QED) is 0.431. The van der Waals surface area contributed by atoms with E-state index in [0.717, 1.165) is 35.1 Å². The normalized spacial score (nSPS) is 19.6. The Balaban J connectivity index is 1.58. The minimum Gasteiger partial charge on any atom is -0.473 e. The Morgan fingerprint density at radius 2 is 2.20 bits per heavy atom. The molecule has 2 aliphatic rings. The number of hydrogen-bond donors (Lipinski definition) is 3. The van der Waals surface area contributed by atoms with Crippen molar-refractivity contribution in [3.05, 3.63) is 36.2 Å². The van der Waals surface area contributed by atoms with Crippen LogP contribution < -0.4 is 15.8 Å². The van der Waals surface area contributed by atoms with Crippen LogP contribution in [0.2, 0.25) is 0 Å². The van der Waals surface area contributed by atoms with E-state index < -0.39 is 0 Å². The molecule has 154 valence electrons. The zero-order valence-corrected chi connectivity index (χ0v) is 16.8. The van der Waals surface area contributed by atoms with Crippen molar-refractivity contribution in [3.8, 4) is 17.1 Å². The van der Waals surface area contributed by atoms with Crippen LogP contribution in [-0.4, -0.2) is 39.3 Å². The molecule has 3 heterocycles. The van der Waals surface area contributed by atoms with Gasteiger partial charge in [0.05, 0.1) is 17.5 Å². The van der Waals surface area contributed by atoms with Gasteiger partial charge in [0.1, 0.15) is 11.6 Å².